The second-order valence-corrected chi connectivity index (χ2v) is 4.42. The summed E-state index contributed by atoms with van der Waals surface area (Å²) in [4.78, 5) is 0. The van der Waals surface area contributed by atoms with Crippen molar-refractivity contribution in [2.45, 2.75) is 6.92 Å². The van der Waals surface area contributed by atoms with Gasteiger partial charge in [-0.3, -0.25) is 4.55 Å². The zero-order chi connectivity index (χ0) is 13.6. The molecule has 0 atom stereocenters. The van der Waals surface area contributed by atoms with Crippen molar-refractivity contribution in [2.75, 3.05) is 6.54 Å². The summed E-state index contributed by atoms with van der Waals surface area (Å²) in [6.45, 7) is 2.65. The number of nitrogens with two attached hydrogens (primary N) is 1. The second-order valence-electron chi connectivity index (χ2n) is 3.40. The van der Waals surface area contributed by atoms with Gasteiger partial charge in [0.05, 0.1) is 0 Å². The van der Waals surface area contributed by atoms with Crippen LogP contribution < -0.4 is 9.92 Å². The van der Waals surface area contributed by atoms with E-state index >= 15 is 0 Å². The topological polar surface area (TPSA) is 89.6 Å². The highest BCUT2D eigenvalue weighted by Gasteiger charge is 2.09. The Bertz CT molecular complexity index is 605. The van der Waals surface area contributed by atoms with E-state index in [4.69, 9.17) is 10.3 Å². The Morgan fingerprint density at radius 3 is 2.33 bits per heavy atom. The highest BCUT2D eigenvalue weighted by molar-refractivity contribution is 7.81. The Kier molecular flexibility index (Phi) is 5.08. The van der Waals surface area contributed by atoms with Gasteiger partial charge in [0.1, 0.15) is 0 Å². The van der Waals surface area contributed by atoms with Crippen LogP contribution in [0.3, 0.4) is 0 Å². The molecule has 0 radical (unpaired) electrons. The number of hydrogen-bond acceptors (Lipinski definition) is 4. The number of fused-ring (bicyclic) bond motifs is 1. The lowest BCUT2D eigenvalue weighted by molar-refractivity contribution is 0.388. The van der Waals surface area contributed by atoms with Crippen LogP contribution in [0, 0.1) is 0 Å². The van der Waals surface area contributed by atoms with Crippen molar-refractivity contribution in [3.63, 3.8) is 0 Å². The normalized spacial score (nSPS) is 10.6. The monoisotopic (exact) mass is 269 g/mol. The van der Waals surface area contributed by atoms with Gasteiger partial charge in [-0.2, -0.15) is 8.42 Å². The third-order valence-electron chi connectivity index (χ3n) is 1.94. The molecule has 0 aliphatic heterocycles. The first kappa shape index (κ1) is 14.4. The lowest BCUT2D eigenvalue weighted by Gasteiger charge is -2.04. The molecule has 0 bridgehead atoms. The first-order valence-electron chi connectivity index (χ1n) is 5.32. The minimum atomic E-state index is -4.47. The lowest BCUT2D eigenvalue weighted by Crippen LogP contribution is -2.06. The molecule has 0 aliphatic rings. The zero-order valence-electron chi connectivity index (χ0n) is 9.91. The molecule has 0 unspecified atom stereocenters. The van der Waals surface area contributed by atoms with E-state index < -0.39 is 10.4 Å². The van der Waals surface area contributed by atoms with Crippen molar-refractivity contribution in [3.05, 3.63) is 42.5 Å². The molecule has 0 spiro atoms. The number of rotatable bonds is 2. The minimum absolute atomic E-state index is 0.121. The molecule has 0 saturated heterocycles. The van der Waals surface area contributed by atoms with Crippen LogP contribution in [0.15, 0.2) is 42.5 Å². The van der Waals surface area contributed by atoms with E-state index in [9.17, 15) is 8.42 Å². The molecular formula is C12H15NO4S. The molecule has 98 valence electrons. The predicted octanol–water partition coefficient (Wildman–Crippen LogP) is 1.99. The van der Waals surface area contributed by atoms with Gasteiger partial charge < -0.3 is 9.92 Å². The van der Waals surface area contributed by atoms with Gasteiger partial charge in [-0.1, -0.05) is 43.3 Å². The lowest BCUT2D eigenvalue weighted by atomic mass is 10.1. The summed E-state index contributed by atoms with van der Waals surface area (Å²) in [5, 5.41) is 1.48. The summed E-state index contributed by atoms with van der Waals surface area (Å²) >= 11 is 0. The van der Waals surface area contributed by atoms with Crippen molar-refractivity contribution < 1.29 is 17.2 Å². The van der Waals surface area contributed by atoms with Crippen molar-refractivity contribution in [1.82, 2.24) is 0 Å². The van der Waals surface area contributed by atoms with E-state index in [0.717, 1.165) is 11.9 Å². The first-order chi connectivity index (χ1) is 8.48. The molecule has 0 fully saturated rings. The number of benzene rings is 2. The molecule has 0 amide bonds. The SMILES string of the molecule is CCN.O=S(=O)(O)Oc1cccc2ccccc12. The highest BCUT2D eigenvalue weighted by atomic mass is 32.3. The summed E-state index contributed by atoms with van der Waals surface area (Å²) in [6, 6.07) is 12.1. The van der Waals surface area contributed by atoms with Gasteiger partial charge in [0, 0.05) is 5.39 Å². The Morgan fingerprint density at radius 1 is 1.17 bits per heavy atom. The maximum atomic E-state index is 10.6. The van der Waals surface area contributed by atoms with Gasteiger partial charge in [-0.05, 0) is 18.0 Å². The van der Waals surface area contributed by atoms with Crippen molar-refractivity contribution >= 4 is 21.2 Å². The van der Waals surface area contributed by atoms with Crippen LogP contribution in [0.1, 0.15) is 6.92 Å². The fourth-order valence-corrected chi connectivity index (χ4v) is 1.75. The van der Waals surface area contributed by atoms with Crippen molar-refractivity contribution in [2.24, 2.45) is 5.73 Å². The average Bonchev–Trinajstić information content (AvgIpc) is 2.29. The summed E-state index contributed by atoms with van der Waals surface area (Å²) in [6.07, 6.45) is 0. The molecule has 2 aromatic rings. The Morgan fingerprint density at radius 2 is 1.72 bits per heavy atom. The van der Waals surface area contributed by atoms with E-state index in [1.807, 2.05) is 25.1 Å². The Balaban J connectivity index is 0.000000492. The highest BCUT2D eigenvalue weighted by Crippen LogP contribution is 2.25. The standard InChI is InChI=1S/C10H8O4S.C2H7N/c11-15(12,13)14-10-7-3-5-8-4-1-2-6-9(8)10;1-2-3/h1-7H,(H,11,12,13);2-3H2,1H3. The molecular weight excluding hydrogens is 254 g/mol. The maximum absolute atomic E-state index is 10.6. The van der Waals surface area contributed by atoms with Crippen LogP contribution in [-0.4, -0.2) is 19.5 Å². The second kappa shape index (κ2) is 6.34. The number of hydrogen-bond donors (Lipinski definition) is 2. The van der Waals surface area contributed by atoms with E-state index in [1.165, 1.54) is 6.07 Å². The van der Waals surface area contributed by atoms with Crippen LogP contribution in [0.25, 0.3) is 10.8 Å². The largest absolute Gasteiger partial charge is 0.446 e. The van der Waals surface area contributed by atoms with E-state index in [2.05, 4.69) is 4.18 Å². The van der Waals surface area contributed by atoms with Crippen LogP contribution in [0.5, 0.6) is 5.75 Å². The molecule has 18 heavy (non-hydrogen) atoms. The van der Waals surface area contributed by atoms with Crippen LogP contribution >= 0.6 is 0 Å². The van der Waals surface area contributed by atoms with E-state index in [-0.39, 0.29) is 5.75 Å². The summed E-state index contributed by atoms with van der Waals surface area (Å²) < 4.78 is 34.2. The van der Waals surface area contributed by atoms with Gasteiger partial charge in [-0.15, -0.1) is 0 Å². The summed E-state index contributed by atoms with van der Waals surface area (Å²) in [5.41, 5.74) is 4.85. The van der Waals surface area contributed by atoms with E-state index in [0.29, 0.717) is 5.39 Å². The molecule has 0 heterocycles. The van der Waals surface area contributed by atoms with Gasteiger partial charge >= 0.3 is 10.4 Å². The molecule has 5 nitrogen and oxygen atoms in total. The van der Waals surface area contributed by atoms with Crippen LogP contribution in [0.4, 0.5) is 0 Å². The van der Waals surface area contributed by atoms with Crippen molar-refractivity contribution in [3.8, 4) is 5.75 Å². The quantitative estimate of drug-likeness (QED) is 0.814. The minimum Gasteiger partial charge on any atom is -0.361 e. The van der Waals surface area contributed by atoms with Crippen LogP contribution in [-0.2, 0) is 10.4 Å². The summed E-state index contributed by atoms with van der Waals surface area (Å²) in [5.74, 6) is 0.121. The fourth-order valence-electron chi connectivity index (χ4n) is 1.38. The summed E-state index contributed by atoms with van der Waals surface area (Å²) in [7, 11) is -4.47. The molecule has 0 saturated carbocycles. The fraction of sp³-hybridized carbons (Fsp3) is 0.167. The van der Waals surface area contributed by atoms with Crippen molar-refractivity contribution in [1.29, 1.82) is 0 Å². The van der Waals surface area contributed by atoms with E-state index in [1.54, 1.807) is 18.2 Å². The predicted molar refractivity (Wildman–Crippen MR) is 70.9 cm³/mol. The smallest absolute Gasteiger partial charge is 0.361 e. The Hall–Kier alpha value is -1.63. The van der Waals surface area contributed by atoms with Crippen LogP contribution in [0.2, 0.25) is 0 Å². The zero-order valence-corrected chi connectivity index (χ0v) is 10.7. The van der Waals surface area contributed by atoms with Gasteiger partial charge in [0.2, 0.25) is 0 Å². The Labute approximate surface area is 106 Å². The maximum Gasteiger partial charge on any atom is 0.446 e. The molecule has 3 N–H and O–H groups in total. The molecule has 6 heteroatoms. The molecule has 0 aromatic heterocycles. The molecule has 2 rings (SSSR count). The molecule has 0 aliphatic carbocycles. The van der Waals surface area contributed by atoms with Gasteiger partial charge in [-0.25, -0.2) is 0 Å². The average molecular weight is 269 g/mol. The third-order valence-corrected chi connectivity index (χ3v) is 2.33. The molecule has 2 aromatic carbocycles. The third kappa shape index (κ3) is 4.33. The van der Waals surface area contributed by atoms with Gasteiger partial charge in [0.25, 0.3) is 0 Å². The first-order valence-corrected chi connectivity index (χ1v) is 6.69. The van der Waals surface area contributed by atoms with Gasteiger partial charge in [0.15, 0.2) is 5.75 Å².